The van der Waals surface area contributed by atoms with Gasteiger partial charge in [-0.05, 0) is 18.0 Å². The smallest absolute Gasteiger partial charge is 0.349 e. The minimum atomic E-state index is -1.33. The summed E-state index contributed by atoms with van der Waals surface area (Å²) >= 11 is 1.97. The molecule has 3 atom stereocenters. The molecule has 0 bridgehead atoms. The van der Waals surface area contributed by atoms with Crippen molar-refractivity contribution in [2.24, 2.45) is 5.11 Å². The van der Waals surface area contributed by atoms with E-state index in [-0.39, 0.29) is 6.42 Å². The zero-order valence-electron chi connectivity index (χ0n) is 10.1. The Hall–Kier alpha value is -1.16. The van der Waals surface area contributed by atoms with E-state index < -0.39 is 23.7 Å². The third-order valence-corrected chi connectivity index (χ3v) is 4.04. The van der Waals surface area contributed by atoms with Crippen molar-refractivity contribution in [1.82, 2.24) is 9.55 Å². The summed E-state index contributed by atoms with van der Waals surface area (Å²) in [5.41, 5.74) is 7.58. The van der Waals surface area contributed by atoms with Crippen LogP contribution in [0.4, 0.5) is 0 Å². The molecule has 0 saturated carbocycles. The third-order valence-electron chi connectivity index (χ3n) is 2.94. The van der Waals surface area contributed by atoms with Crippen molar-refractivity contribution in [3.05, 3.63) is 38.9 Å². The van der Waals surface area contributed by atoms with Crippen LogP contribution in [0, 0.1) is 6.92 Å². The summed E-state index contributed by atoms with van der Waals surface area (Å²) in [4.78, 5) is 18.1. The predicted molar refractivity (Wildman–Crippen MR) is 74.7 cm³/mol. The van der Waals surface area contributed by atoms with Crippen LogP contribution >= 0.6 is 22.6 Å². The Morgan fingerprint density at radius 1 is 1.84 bits per heavy atom. The highest BCUT2D eigenvalue weighted by Crippen LogP contribution is 2.38. The van der Waals surface area contributed by atoms with Gasteiger partial charge in [-0.25, -0.2) is 9.78 Å². The Kier molecular flexibility index (Phi) is 4.09. The lowest BCUT2D eigenvalue weighted by Crippen LogP contribution is -2.38. The SMILES string of the molecule is Cc1cnc(=O)n([C@H]2C[C@H](O)[C@](CI)(N=[N+]=[N-])O2)c1. The van der Waals surface area contributed by atoms with Crippen molar-refractivity contribution in [2.45, 2.75) is 31.4 Å². The van der Waals surface area contributed by atoms with E-state index in [2.05, 4.69) is 15.0 Å². The van der Waals surface area contributed by atoms with Gasteiger partial charge in [0.25, 0.3) is 0 Å². The molecule has 0 radical (unpaired) electrons. The number of hydrogen-bond acceptors (Lipinski definition) is 5. The number of hydrogen-bond donors (Lipinski definition) is 1. The number of alkyl halides is 1. The fraction of sp³-hybridized carbons (Fsp3) is 0.600. The highest BCUT2D eigenvalue weighted by Gasteiger charge is 2.48. The first kappa shape index (κ1) is 14.3. The zero-order chi connectivity index (χ0) is 14.0. The number of aliphatic hydroxyl groups excluding tert-OH is 1. The Balaban J connectivity index is 2.37. The summed E-state index contributed by atoms with van der Waals surface area (Å²) in [6, 6.07) is 0. The minimum Gasteiger partial charge on any atom is -0.390 e. The Labute approximate surface area is 122 Å². The molecular formula is C10H12IN5O3. The lowest BCUT2D eigenvalue weighted by molar-refractivity contribution is -0.0820. The average molecular weight is 377 g/mol. The van der Waals surface area contributed by atoms with Gasteiger partial charge >= 0.3 is 5.69 Å². The topological polar surface area (TPSA) is 113 Å². The molecule has 1 aliphatic heterocycles. The molecule has 0 aliphatic carbocycles. The number of aliphatic hydroxyl groups is 1. The molecule has 1 fully saturated rings. The normalized spacial score (nSPS) is 30.1. The van der Waals surface area contributed by atoms with Crippen molar-refractivity contribution < 1.29 is 9.84 Å². The molecule has 9 heteroatoms. The number of aryl methyl sites for hydroxylation is 1. The number of azide groups is 1. The second kappa shape index (κ2) is 5.45. The van der Waals surface area contributed by atoms with Crippen LogP contribution in [0.3, 0.4) is 0 Å². The molecule has 0 unspecified atom stereocenters. The first-order valence-corrected chi connectivity index (χ1v) is 7.08. The summed E-state index contributed by atoms with van der Waals surface area (Å²) in [6.45, 7) is 1.80. The van der Waals surface area contributed by atoms with E-state index in [9.17, 15) is 9.90 Å². The molecule has 102 valence electrons. The maximum absolute atomic E-state index is 11.7. The zero-order valence-corrected chi connectivity index (χ0v) is 12.3. The molecule has 1 aromatic rings. The molecule has 2 heterocycles. The number of halogens is 1. The van der Waals surface area contributed by atoms with Crippen LogP contribution in [-0.2, 0) is 4.74 Å². The van der Waals surface area contributed by atoms with Crippen molar-refractivity contribution >= 4 is 22.6 Å². The van der Waals surface area contributed by atoms with Gasteiger partial charge in [0.05, 0.1) is 6.10 Å². The highest BCUT2D eigenvalue weighted by molar-refractivity contribution is 14.1. The van der Waals surface area contributed by atoms with E-state index in [0.717, 1.165) is 5.56 Å². The molecule has 1 aromatic heterocycles. The molecule has 1 N–H and O–H groups in total. The van der Waals surface area contributed by atoms with Gasteiger partial charge in [-0.1, -0.05) is 27.7 Å². The maximum atomic E-state index is 11.7. The molecule has 1 saturated heterocycles. The Bertz CT molecular complexity index is 585. The van der Waals surface area contributed by atoms with Gasteiger partial charge in [0, 0.05) is 28.2 Å². The average Bonchev–Trinajstić information content (AvgIpc) is 2.71. The summed E-state index contributed by atoms with van der Waals surface area (Å²) in [7, 11) is 0. The van der Waals surface area contributed by atoms with Gasteiger partial charge in [0.2, 0.25) is 0 Å². The minimum absolute atomic E-state index is 0.174. The lowest BCUT2D eigenvalue weighted by Gasteiger charge is -2.24. The van der Waals surface area contributed by atoms with Gasteiger partial charge in [-0.15, -0.1) is 0 Å². The highest BCUT2D eigenvalue weighted by atomic mass is 127. The van der Waals surface area contributed by atoms with Gasteiger partial charge < -0.3 is 9.84 Å². The van der Waals surface area contributed by atoms with Crippen molar-refractivity contribution in [2.75, 3.05) is 4.43 Å². The molecule has 0 amide bonds. The maximum Gasteiger partial charge on any atom is 0.349 e. The van der Waals surface area contributed by atoms with E-state index in [1.165, 1.54) is 10.8 Å². The number of nitrogens with zero attached hydrogens (tertiary/aromatic N) is 5. The molecule has 2 rings (SSSR count). The monoisotopic (exact) mass is 377 g/mol. The van der Waals surface area contributed by atoms with Crippen molar-refractivity contribution in [1.29, 1.82) is 0 Å². The molecule has 1 aliphatic rings. The van der Waals surface area contributed by atoms with Crippen LogP contribution in [0.5, 0.6) is 0 Å². The first-order chi connectivity index (χ1) is 9.02. The third kappa shape index (κ3) is 2.59. The van der Waals surface area contributed by atoms with E-state index in [4.69, 9.17) is 10.3 Å². The fourth-order valence-electron chi connectivity index (χ4n) is 1.96. The Morgan fingerprint density at radius 2 is 2.58 bits per heavy atom. The van der Waals surface area contributed by atoms with Crippen LogP contribution in [-0.4, -0.2) is 30.9 Å². The quantitative estimate of drug-likeness (QED) is 0.281. The molecule has 0 spiro atoms. The molecule has 19 heavy (non-hydrogen) atoms. The number of aromatic nitrogens is 2. The van der Waals surface area contributed by atoms with Gasteiger partial charge in [-0.3, -0.25) is 4.57 Å². The molecular weight excluding hydrogens is 365 g/mol. The fourth-order valence-corrected chi connectivity index (χ4v) is 2.80. The largest absolute Gasteiger partial charge is 0.390 e. The van der Waals surface area contributed by atoms with Crippen LogP contribution < -0.4 is 5.69 Å². The van der Waals surface area contributed by atoms with Crippen molar-refractivity contribution in [3.63, 3.8) is 0 Å². The van der Waals surface area contributed by atoms with E-state index in [1.807, 2.05) is 22.6 Å². The van der Waals surface area contributed by atoms with Gasteiger partial charge in [0.1, 0.15) is 6.23 Å². The van der Waals surface area contributed by atoms with E-state index >= 15 is 0 Å². The van der Waals surface area contributed by atoms with Crippen LogP contribution in [0.25, 0.3) is 10.4 Å². The predicted octanol–water partition coefficient (Wildman–Crippen LogP) is 1.27. The summed E-state index contributed by atoms with van der Waals surface area (Å²) in [6.07, 6.45) is 1.59. The van der Waals surface area contributed by atoms with Crippen LogP contribution in [0.15, 0.2) is 22.3 Å². The van der Waals surface area contributed by atoms with E-state index in [0.29, 0.717) is 4.43 Å². The van der Waals surface area contributed by atoms with Gasteiger partial charge in [0.15, 0.2) is 5.72 Å². The van der Waals surface area contributed by atoms with Crippen LogP contribution in [0.2, 0.25) is 0 Å². The van der Waals surface area contributed by atoms with E-state index in [1.54, 1.807) is 13.1 Å². The van der Waals surface area contributed by atoms with Crippen LogP contribution in [0.1, 0.15) is 18.2 Å². The number of rotatable bonds is 3. The molecule has 0 aromatic carbocycles. The second-order valence-corrected chi connectivity index (χ2v) is 5.08. The first-order valence-electron chi connectivity index (χ1n) is 5.55. The second-order valence-electron chi connectivity index (χ2n) is 4.31. The summed E-state index contributed by atoms with van der Waals surface area (Å²) in [5.74, 6) is 0. The number of ether oxygens (including phenoxy) is 1. The summed E-state index contributed by atoms with van der Waals surface area (Å²) in [5, 5.41) is 13.6. The van der Waals surface area contributed by atoms with Gasteiger partial charge in [-0.2, -0.15) is 0 Å². The van der Waals surface area contributed by atoms with Crippen molar-refractivity contribution in [3.8, 4) is 0 Å². The lowest BCUT2D eigenvalue weighted by atomic mass is 10.1. The summed E-state index contributed by atoms with van der Waals surface area (Å²) < 4.78 is 7.22. The Morgan fingerprint density at radius 3 is 3.21 bits per heavy atom. The standard InChI is InChI=1S/C10H12IN5O3/c1-6-3-13-9(18)16(4-6)8-2-7(17)10(5-11,19-8)14-15-12/h3-4,7-8,17H,2,5H2,1H3/t7-,8+,10+/m0/s1. The molecule has 8 nitrogen and oxygen atoms in total.